The van der Waals surface area contributed by atoms with Crippen molar-refractivity contribution < 1.29 is 4.74 Å². The van der Waals surface area contributed by atoms with Crippen LogP contribution in [0.4, 0.5) is 0 Å². The van der Waals surface area contributed by atoms with E-state index in [4.69, 9.17) is 4.74 Å². The number of ether oxygens (including phenoxy) is 1. The van der Waals surface area contributed by atoms with Crippen LogP contribution < -0.4 is 0 Å². The maximum absolute atomic E-state index is 5.84. The Morgan fingerprint density at radius 1 is 1.36 bits per heavy atom. The highest BCUT2D eigenvalue weighted by atomic mass is 16.5. The van der Waals surface area contributed by atoms with E-state index in [0.717, 1.165) is 19.7 Å². The summed E-state index contributed by atoms with van der Waals surface area (Å²) in [6.45, 7) is 9.96. The molecule has 2 rings (SSSR count). The lowest BCUT2D eigenvalue weighted by atomic mass is 10.1. The highest BCUT2D eigenvalue weighted by molar-refractivity contribution is 4.99. The SMILES string of the molecule is CC(C)N1CC2OCCN(C)C2[C@H]1C. The Morgan fingerprint density at radius 2 is 2.07 bits per heavy atom. The lowest BCUT2D eigenvalue weighted by Crippen LogP contribution is -2.51. The summed E-state index contributed by atoms with van der Waals surface area (Å²) < 4.78 is 5.84. The molecule has 82 valence electrons. The van der Waals surface area contributed by atoms with Gasteiger partial charge in [0.1, 0.15) is 0 Å². The first-order valence-corrected chi connectivity index (χ1v) is 5.69. The van der Waals surface area contributed by atoms with Gasteiger partial charge in [-0.2, -0.15) is 0 Å². The first-order valence-electron chi connectivity index (χ1n) is 5.69. The fourth-order valence-electron chi connectivity index (χ4n) is 2.97. The zero-order valence-electron chi connectivity index (χ0n) is 9.73. The molecule has 0 N–H and O–H groups in total. The number of nitrogens with zero attached hydrogens (tertiary/aromatic N) is 2. The summed E-state index contributed by atoms with van der Waals surface area (Å²) in [7, 11) is 2.22. The predicted molar refractivity (Wildman–Crippen MR) is 57.5 cm³/mol. The van der Waals surface area contributed by atoms with Crippen LogP contribution in [0.3, 0.4) is 0 Å². The van der Waals surface area contributed by atoms with Crippen LogP contribution in [0.2, 0.25) is 0 Å². The highest BCUT2D eigenvalue weighted by Gasteiger charge is 2.44. The van der Waals surface area contributed by atoms with Gasteiger partial charge in [0.25, 0.3) is 0 Å². The van der Waals surface area contributed by atoms with Gasteiger partial charge in [0.15, 0.2) is 0 Å². The molecule has 14 heavy (non-hydrogen) atoms. The molecule has 0 aromatic heterocycles. The van der Waals surface area contributed by atoms with Crippen molar-refractivity contribution in [2.75, 3.05) is 26.7 Å². The summed E-state index contributed by atoms with van der Waals surface area (Å²) >= 11 is 0. The first-order chi connectivity index (χ1) is 6.61. The van der Waals surface area contributed by atoms with Crippen LogP contribution in [0, 0.1) is 0 Å². The van der Waals surface area contributed by atoms with Crippen LogP contribution in [-0.4, -0.2) is 60.8 Å². The second-order valence-corrected chi connectivity index (χ2v) is 4.91. The van der Waals surface area contributed by atoms with Gasteiger partial charge in [0.05, 0.1) is 18.8 Å². The number of rotatable bonds is 1. The van der Waals surface area contributed by atoms with Crippen molar-refractivity contribution in [2.45, 2.75) is 45.0 Å². The molecule has 3 heteroatoms. The number of hydrogen-bond donors (Lipinski definition) is 0. The van der Waals surface area contributed by atoms with Crippen LogP contribution in [0.15, 0.2) is 0 Å². The van der Waals surface area contributed by atoms with E-state index in [1.165, 1.54) is 0 Å². The van der Waals surface area contributed by atoms with Crippen molar-refractivity contribution >= 4 is 0 Å². The second kappa shape index (κ2) is 3.80. The number of morpholine rings is 1. The van der Waals surface area contributed by atoms with E-state index in [0.29, 0.717) is 24.2 Å². The Kier molecular flexibility index (Phi) is 2.82. The van der Waals surface area contributed by atoms with Crippen LogP contribution >= 0.6 is 0 Å². The average molecular weight is 198 g/mol. The maximum Gasteiger partial charge on any atom is 0.0872 e. The number of likely N-dealkylation sites (N-methyl/N-ethyl adjacent to an activating group) is 1. The van der Waals surface area contributed by atoms with Crippen molar-refractivity contribution in [1.82, 2.24) is 9.80 Å². The molecule has 0 aliphatic carbocycles. The lowest BCUT2D eigenvalue weighted by Gasteiger charge is -2.37. The summed E-state index contributed by atoms with van der Waals surface area (Å²) in [5, 5.41) is 0. The minimum absolute atomic E-state index is 0.436. The highest BCUT2D eigenvalue weighted by Crippen LogP contribution is 2.28. The zero-order chi connectivity index (χ0) is 10.3. The predicted octanol–water partition coefficient (Wildman–Crippen LogP) is 0.798. The minimum atomic E-state index is 0.436. The molecule has 0 spiro atoms. The fraction of sp³-hybridized carbons (Fsp3) is 1.00. The monoisotopic (exact) mass is 198 g/mol. The van der Waals surface area contributed by atoms with Crippen molar-refractivity contribution in [2.24, 2.45) is 0 Å². The van der Waals surface area contributed by atoms with Gasteiger partial charge in [-0.15, -0.1) is 0 Å². The Bertz CT molecular complexity index is 207. The van der Waals surface area contributed by atoms with Gasteiger partial charge in [-0.05, 0) is 27.8 Å². The molecule has 2 unspecified atom stereocenters. The van der Waals surface area contributed by atoms with Crippen LogP contribution in [0.25, 0.3) is 0 Å². The molecule has 0 amide bonds. The van der Waals surface area contributed by atoms with Gasteiger partial charge in [0, 0.05) is 25.2 Å². The van der Waals surface area contributed by atoms with E-state index in [-0.39, 0.29) is 0 Å². The molecule has 0 bridgehead atoms. The van der Waals surface area contributed by atoms with Crippen LogP contribution in [-0.2, 0) is 4.74 Å². The van der Waals surface area contributed by atoms with Crippen LogP contribution in [0.5, 0.6) is 0 Å². The molecular formula is C11H22N2O. The van der Waals surface area contributed by atoms with Gasteiger partial charge in [-0.25, -0.2) is 0 Å². The molecule has 0 aromatic carbocycles. The second-order valence-electron chi connectivity index (χ2n) is 4.91. The van der Waals surface area contributed by atoms with Gasteiger partial charge in [-0.1, -0.05) is 0 Å². The van der Waals surface area contributed by atoms with E-state index in [9.17, 15) is 0 Å². The van der Waals surface area contributed by atoms with Gasteiger partial charge < -0.3 is 4.74 Å². The summed E-state index contributed by atoms with van der Waals surface area (Å²) in [6, 6.07) is 1.86. The van der Waals surface area contributed by atoms with E-state index in [1.807, 2.05) is 0 Å². The molecule has 2 saturated heterocycles. The third-order valence-corrected chi connectivity index (χ3v) is 3.74. The smallest absolute Gasteiger partial charge is 0.0872 e. The lowest BCUT2D eigenvalue weighted by molar-refractivity contribution is -0.0422. The third-order valence-electron chi connectivity index (χ3n) is 3.74. The molecule has 2 fully saturated rings. The third kappa shape index (κ3) is 1.58. The molecule has 3 nitrogen and oxygen atoms in total. The van der Waals surface area contributed by atoms with Crippen molar-refractivity contribution in [3.8, 4) is 0 Å². The summed E-state index contributed by atoms with van der Waals surface area (Å²) in [4.78, 5) is 5.01. The summed E-state index contributed by atoms with van der Waals surface area (Å²) in [6.07, 6.45) is 0.436. The number of hydrogen-bond acceptors (Lipinski definition) is 3. The molecule has 2 aliphatic rings. The normalized spacial score (nSPS) is 40.5. The van der Waals surface area contributed by atoms with Crippen molar-refractivity contribution in [1.29, 1.82) is 0 Å². The molecule has 3 atom stereocenters. The molecule has 2 heterocycles. The van der Waals surface area contributed by atoms with E-state index < -0.39 is 0 Å². The van der Waals surface area contributed by atoms with Crippen molar-refractivity contribution in [3.63, 3.8) is 0 Å². The van der Waals surface area contributed by atoms with Crippen LogP contribution in [0.1, 0.15) is 20.8 Å². The Hall–Kier alpha value is -0.120. The minimum Gasteiger partial charge on any atom is -0.374 e. The molecular weight excluding hydrogens is 176 g/mol. The van der Waals surface area contributed by atoms with Gasteiger partial charge in [-0.3, -0.25) is 9.80 Å². The largest absolute Gasteiger partial charge is 0.374 e. The Labute approximate surface area is 87.0 Å². The summed E-state index contributed by atoms with van der Waals surface area (Å²) in [5.41, 5.74) is 0. The van der Waals surface area contributed by atoms with Crippen molar-refractivity contribution in [3.05, 3.63) is 0 Å². The molecule has 0 saturated carbocycles. The fourth-order valence-corrected chi connectivity index (χ4v) is 2.97. The zero-order valence-corrected chi connectivity index (χ0v) is 9.73. The number of likely N-dealkylation sites (tertiary alicyclic amines) is 1. The molecule has 2 aliphatic heterocycles. The Balaban J connectivity index is 2.11. The number of fused-ring (bicyclic) bond motifs is 1. The van der Waals surface area contributed by atoms with E-state index in [1.54, 1.807) is 0 Å². The van der Waals surface area contributed by atoms with Gasteiger partial charge in [0.2, 0.25) is 0 Å². The standard InChI is InChI=1S/C11H22N2O/c1-8(2)13-7-10-11(9(13)3)12(4)5-6-14-10/h8-11H,5-7H2,1-4H3/t9-,10?,11?/m1/s1. The van der Waals surface area contributed by atoms with Gasteiger partial charge >= 0.3 is 0 Å². The maximum atomic E-state index is 5.84. The average Bonchev–Trinajstić information content (AvgIpc) is 2.45. The molecule has 0 radical (unpaired) electrons. The quantitative estimate of drug-likeness (QED) is 0.620. The van der Waals surface area contributed by atoms with E-state index in [2.05, 4.69) is 37.6 Å². The Morgan fingerprint density at radius 3 is 2.64 bits per heavy atom. The first kappa shape index (κ1) is 10.4. The topological polar surface area (TPSA) is 15.7 Å². The summed E-state index contributed by atoms with van der Waals surface area (Å²) in [5.74, 6) is 0. The van der Waals surface area contributed by atoms with E-state index >= 15 is 0 Å². The molecule has 0 aromatic rings.